The van der Waals surface area contributed by atoms with Crippen molar-refractivity contribution >= 4 is 35.6 Å². The molecule has 0 aromatic carbocycles. The Balaban J connectivity index is 1.28. The molecule has 0 saturated carbocycles. The number of nitrogens with two attached hydrogens (primary N) is 2. The van der Waals surface area contributed by atoms with Crippen LogP contribution in [0.5, 0.6) is 0 Å². The fraction of sp³-hybridized carbons (Fsp3) is 0.857. The SMILES string of the molecule is CC(=O)N[C@@H]1[C@@H](O[C@@H]2O[C@H](C(=O)O)[C@@H](O[C@@H]3O[C@H](CO)[C@@H](O)[C@H](O[C@@H]4O[C@H](C(=O)ON)[C@@H](O[C@@H]5O[C@H](CO)[C@@H](OO)[C@H](O[C@@H]6O[C@H](C(=O)O)[C@H](OO)[C@H](O)[C@H]6O)[C@H]5NC(C)=O)[C@H](O)[C@H]4O)[C@H]3NC(C)=O)[C@H](ON)[C@H]2O)[C@H](O)[C@@H](CO)O[C@H]1O. The molecule has 41 nitrogen and oxygen atoms in total. The molecule has 6 heterocycles. The Morgan fingerprint density at radius 2 is 0.795 bits per heavy atom. The minimum atomic E-state index is -2.52. The predicted octanol–water partition coefficient (Wildman–Crippen LogP) is -13.2. The van der Waals surface area contributed by atoms with Crippen LogP contribution in [0, 0.1) is 0 Å². The lowest BCUT2D eigenvalue weighted by molar-refractivity contribution is -0.409. The Bertz CT molecular complexity index is 2200. The summed E-state index contributed by atoms with van der Waals surface area (Å²) >= 11 is 0. The van der Waals surface area contributed by atoms with Gasteiger partial charge in [-0.3, -0.25) is 29.7 Å². The molecular formula is C42H67N5O36. The van der Waals surface area contributed by atoms with E-state index in [1.807, 2.05) is 0 Å². The van der Waals surface area contributed by atoms with E-state index in [1.165, 1.54) is 0 Å². The first-order chi connectivity index (χ1) is 39.2. The summed E-state index contributed by atoms with van der Waals surface area (Å²) in [7, 11) is 0. The number of carbonyl (C=O) groups is 6. The molecule has 0 aromatic heterocycles. The van der Waals surface area contributed by atoms with Crippen molar-refractivity contribution in [1.29, 1.82) is 0 Å². The van der Waals surface area contributed by atoms with Crippen LogP contribution >= 0.6 is 0 Å². The Morgan fingerprint density at radius 3 is 1.25 bits per heavy atom. The summed E-state index contributed by atoms with van der Waals surface area (Å²) in [6.45, 7) is -0.425. The first-order valence-corrected chi connectivity index (χ1v) is 24.8. The highest BCUT2D eigenvalue weighted by Crippen LogP contribution is 2.38. The summed E-state index contributed by atoms with van der Waals surface area (Å²) in [6, 6.07) is -5.62. The van der Waals surface area contributed by atoms with Gasteiger partial charge < -0.3 is 139 Å². The minimum Gasteiger partial charge on any atom is -0.479 e. The zero-order chi connectivity index (χ0) is 61.6. The molecule has 6 aliphatic heterocycles. The molecular weight excluding hydrogens is 1150 g/mol. The van der Waals surface area contributed by atoms with E-state index in [2.05, 4.69) is 30.6 Å². The van der Waals surface area contributed by atoms with E-state index in [9.17, 15) is 106 Å². The van der Waals surface area contributed by atoms with Crippen molar-refractivity contribution in [2.45, 2.75) is 205 Å². The number of carboxylic acid groups (broad SMARTS) is 2. The minimum absolute atomic E-state index is 0.802. The largest absolute Gasteiger partial charge is 0.479 e. The first-order valence-electron chi connectivity index (χ1n) is 24.8. The van der Waals surface area contributed by atoms with E-state index >= 15 is 0 Å². The normalized spacial score (nSPS) is 44.9. The maximum atomic E-state index is 13.5. The smallest absolute Gasteiger partial charge is 0.356 e. The second-order valence-corrected chi connectivity index (χ2v) is 19.4. The fourth-order valence-electron chi connectivity index (χ4n) is 10.1. The number of nitrogens with one attached hydrogen (secondary N) is 3. The molecule has 6 rings (SSSR count). The average Bonchev–Trinajstić information content (AvgIpc) is 2.38. The molecule has 30 atom stereocenters. The van der Waals surface area contributed by atoms with Crippen LogP contribution in [0.25, 0.3) is 0 Å². The molecule has 41 heteroatoms. The van der Waals surface area contributed by atoms with Crippen LogP contribution in [0.1, 0.15) is 20.8 Å². The second kappa shape index (κ2) is 29.4. The quantitative estimate of drug-likeness (QED) is 0.0353. The summed E-state index contributed by atoms with van der Waals surface area (Å²) in [5.74, 6) is 2.53. The van der Waals surface area contributed by atoms with Crippen LogP contribution < -0.4 is 27.7 Å². The van der Waals surface area contributed by atoms with Gasteiger partial charge in [-0.05, 0) is 0 Å². The number of amides is 3. The number of aliphatic hydroxyl groups is 11. The molecule has 0 radical (unpaired) electrons. The molecule has 0 unspecified atom stereocenters. The monoisotopic (exact) mass is 1220 g/mol. The van der Waals surface area contributed by atoms with E-state index in [-0.39, 0.29) is 0 Å². The topological polar surface area (TPSA) is 632 Å². The molecule has 0 aromatic rings. The number of hydrogen-bond donors (Lipinski definition) is 20. The Hall–Kier alpha value is -4.34. The number of aliphatic hydroxyl groups excluding tert-OH is 11. The Kier molecular flexibility index (Phi) is 24.0. The van der Waals surface area contributed by atoms with Crippen molar-refractivity contribution in [1.82, 2.24) is 16.0 Å². The lowest BCUT2D eigenvalue weighted by Crippen LogP contribution is -2.71. The molecule has 22 N–H and O–H groups in total. The van der Waals surface area contributed by atoms with Crippen molar-refractivity contribution in [2.24, 2.45) is 11.8 Å². The number of rotatable bonds is 22. The fourth-order valence-corrected chi connectivity index (χ4v) is 10.1. The summed E-state index contributed by atoms with van der Waals surface area (Å²) in [6.07, 6.45) is -58.5. The van der Waals surface area contributed by atoms with Crippen molar-refractivity contribution in [3.8, 4) is 0 Å². The number of aliphatic carboxylic acids is 2. The number of hydrogen-bond acceptors (Lipinski definition) is 36. The Labute approximate surface area is 464 Å². The van der Waals surface area contributed by atoms with Crippen LogP contribution in [0.15, 0.2) is 0 Å². The molecule has 6 fully saturated rings. The van der Waals surface area contributed by atoms with Gasteiger partial charge in [-0.2, -0.15) is 5.90 Å². The van der Waals surface area contributed by atoms with Crippen LogP contribution in [0.2, 0.25) is 0 Å². The van der Waals surface area contributed by atoms with E-state index in [1.54, 1.807) is 0 Å². The zero-order valence-electron chi connectivity index (χ0n) is 43.4. The summed E-state index contributed by atoms with van der Waals surface area (Å²) in [4.78, 5) is 93.8. The van der Waals surface area contributed by atoms with Crippen molar-refractivity contribution in [2.75, 3.05) is 19.8 Å². The highest BCUT2D eigenvalue weighted by Gasteiger charge is 2.61. The first kappa shape index (κ1) is 67.8. The van der Waals surface area contributed by atoms with E-state index < -0.39 is 239 Å². The number of carbonyl (C=O) groups excluding carboxylic acids is 4. The predicted molar refractivity (Wildman–Crippen MR) is 244 cm³/mol. The highest BCUT2D eigenvalue weighted by atomic mass is 17.1. The van der Waals surface area contributed by atoms with Crippen LogP contribution in [0.4, 0.5) is 0 Å². The van der Waals surface area contributed by atoms with Gasteiger partial charge in [0.05, 0.1) is 19.8 Å². The van der Waals surface area contributed by atoms with Gasteiger partial charge in [0, 0.05) is 20.8 Å². The van der Waals surface area contributed by atoms with Crippen molar-refractivity contribution in [3.05, 3.63) is 0 Å². The van der Waals surface area contributed by atoms with Gasteiger partial charge in [-0.1, -0.05) is 0 Å². The molecule has 6 aliphatic rings. The third kappa shape index (κ3) is 14.7. The van der Waals surface area contributed by atoms with Gasteiger partial charge in [0.2, 0.25) is 17.7 Å². The summed E-state index contributed by atoms with van der Waals surface area (Å²) < 4.78 is 62.3. The lowest BCUT2D eigenvalue weighted by Gasteiger charge is -2.51. The van der Waals surface area contributed by atoms with E-state index in [4.69, 9.17) is 68.7 Å². The van der Waals surface area contributed by atoms with Crippen LogP contribution in [-0.2, 0) is 100 Å². The maximum absolute atomic E-state index is 13.5. The summed E-state index contributed by atoms with van der Waals surface area (Å²) in [5.41, 5.74) is 0. The molecule has 3 amide bonds. The van der Waals surface area contributed by atoms with E-state index in [0.29, 0.717) is 0 Å². The molecule has 83 heavy (non-hydrogen) atoms. The average molecular weight is 1220 g/mol. The number of carboxylic acids is 2. The second-order valence-electron chi connectivity index (χ2n) is 19.4. The van der Waals surface area contributed by atoms with Gasteiger partial charge >= 0.3 is 17.9 Å². The van der Waals surface area contributed by atoms with Crippen LogP contribution in [-0.4, -0.2) is 316 Å². The third-order valence-corrected chi connectivity index (χ3v) is 14.0. The van der Waals surface area contributed by atoms with Crippen LogP contribution in [0.3, 0.4) is 0 Å². The molecule has 6 saturated heterocycles. The summed E-state index contributed by atoms with van der Waals surface area (Å²) in [5, 5.41) is 166. The maximum Gasteiger partial charge on any atom is 0.356 e. The van der Waals surface area contributed by atoms with Gasteiger partial charge in [0.15, 0.2) is 62.2 Å². The van der Waals surface area contributed by atoms with Gasteiger partial charge in [-0.15, -0.1) is 0 Å². The van der Waals surface area contributed by atoms with Gasteiger partial charge in [0.25, 0.3) is 0 Å². The Morgan fingerprint density at radius 1 is 0.410 bits per heavy atom. The molecule has 476 valence electrons. The van der Waals surface area contributed by atoms with E-state index in [0.717, 1.165) is 20.8 Å². The van der Waals surface area contributed by atoms with Crippen molar-refractivity contribution < 1.29 is 177 Å². The van der Waals surface area contributed by atoms with Gasteiger partial charge in [0.1, 0.15) is 122 Å². The number of ether oxygens (including phenoxy) is 11. The molecule has 0 aliphatic carbocycles. The zero-order valence-corrected chi connectivity index (χ0v) is 43.4. The lowest BCUT2D eigenvalue weighted by atomic mass is 9.93. The van der Waals surface area contributed by atoms with Crippen molar-refractivity contribution in [3.63, 3.8) is 0 Å². The van der Waals surface area contributed by atoms with Gasteiger partial charge in [-0.25, -0.2) is 30.1 Å². The molecule has 0 bridgehead atoms. The highest BCUT2D eigenvalue weighted by molar-refractivity contribution is 5.76. The standard InChI is InChI=1S/C42H67N5O36/c1-7(51)45-13-24(16(54)10(4-48)69-36(13)65)72-42-22(60)28(80-43)30(32(78-42)35(63)64)76-38-14(46-8(2)52)25(17(55)11(5-49)70-38)73-40-20(58)18(56)27(33(79-40)37(66)81-44)75-39-15(47-9(3)53)26(23(82-67)12(6-50)71-39)74-41-21(59)19(57)29(83-68)31(77-41)34(61)62/h10-33,36,38-42,48-50,54-60,65,67-68H,4-6,43-44H2,1-3H3,(H,45,51)(H,46,52)(H,47,53)(H,61,62)(H,63,64)/t10-,11-,12-,13-,14-,15-,16-,17-,18-,19-,20-,21-,22-,23-,24-,25-,26-,27+,28-,29-,30+,31+,32+,33+,36-,38+,39+,40-,41-,42-/m1/s1. The third-order valence-electron chi connectivity index (χ3n) is 14.0. The molecule has 0 spiro atoms.